The molecule has 2 atom stereocenters. The highest BCUT2D eigenvalue weighted by atomic mass is 16.5. The molecule has 7 nitrogen and oxygen atoms in total. The molecular weight excluding hydrogens is 304 g/mol. The van der Waals surface area contributed by atoms with Crippen molar-refractivity contribution in [3.8, 4) is 11.3 Å². The molecule has 1 aliphatic rings. The van der Waals surface area contributed by atoms with Gasteiger partial charge in [0, 0.05) is 31.4 Å². The molecule has 0 saturated carbocycles. The number of ether oxygens (including phenoxy) is 1. The van der Waals surface area contributed by atoms with Crippen LogP contribution in [-0.4, -0.2) is 49.7 Å². The minimum atomic E-state index is 0.205. The summed E-state index contributed by atoms with van der Waals surface area (Å²) in [4.78, 5) is 6.74. The summed E-state index contributed by atoms with van der Waals surface area (Å²) < 4.78 is 9.63. The summed E-state index contributed by atoms with van der Waals surface area (Å²) in [5, 5.41) is 9.18. The summed E-state index contributed by atoms with van der Waals surface area (Å²) in [6, 6.07) is 4.05. The van der Waals surface area contributed by atoms with Crippen LogP contribution in [0.1, 0.15) is 20.8 Å². The Morgan fingerprint density at radius 2 is 1.96 bits per heavy atom. The van der Waals surface area contributed by atoms with E-state index >= 15 is 0 Å². The summed E-state index contributed by atoms with van der Waals surface area (Å²) in [6.07, 6.45) is 6.15. The van der Waals surface area contributed by atoms with Crippen molar-refractivity contribution in [1.29, 1.82) is 0 Å². The zero-order chi connectivity index (χ0) is 16.7. The zero-order valence-corrected chi connectivity index (χ0v) is 14.3. The number of aryl methyl sites for hydroxylation is 1. The molecule has 0 aromatic carbocycles. The van der Waals surface area contributed by atoms with Gasteiger partial charge in [-0.1, -0.05) is 0 Å². The van der Waals surface area contributed by atoms with E-state index in [4.69, 9.17) is 9.84 Å². The van der Waals surface area contributed by atoms with Crippen molar-refractivity contribution in [3.63, 3.8) is 0 Å². The molecule has 1 fully saturated rings. The SMILES string of the molecule is CCn1cc(-c2cnc3ccc(N4C[C@@H](C)O[C@@H](C)C4)nn23)cn1. The lowest BCUT2D eigenvalue weighted by Crippen LogP contribution is -2.46. The van der Waals surface area contributed by atoms with Gasteiger partial charge in [0.05, 0.1) is 30.3 Å². The number of hydrogen-bond acceptors (Lipinski definition) is 5. The first-order chi connectivity index (χ1) is 11.6. The lowest BCUT2D eigenvalue weighted by Gasteiger charge is -2.35. The van der Waals surface area contributed by atoms with Gasteiger partial charge in [-0.3, -0.25) is 4.68 Å². The van der Waals surface area contributed by atoms with Crippen molar-refractivity contribution in [3.05, 3.63) is 30.7 Å². The standard InChI is InChI=1S/C17H22N6O/c1-4-22-11-14(7-19-22)15-8-18-16-5-6-17(20-23(15)16)21-9-12(2)24-13(3)10-21/h5-8,11-13H,4,9-10H2,1-3H3/t12-,13+. The molecular formula is C17H22N6O. The number of fused-ring (bicyclic) bond motifs is 1. The second-order valence-corrected chi connectivity index (χ2v) is 6.35. The van der Waals surface area contributed by atoms with Gasteiger partial charge in [0.15, 0.2) is 5.65 Å². The average Bonchev–Trinajstić information content (AvgIpc) is 3.19. The van der Waals surface area contributed by atoms with Crippen molar-refractivity contribution in [2.24, 2.45) is 0 Å². The van der Waals surface area contributed by atoms with Crippen LogP contribution < -0.4 is 4.90 Å². The van der Waals surface area contributed by atoms with E-state index in [1.54, 1.807) is 0 Å². The van der Waals surface area contributed by atoms with Gasteiger partial charge in [0.1, 0.15) is 5.82 Å². The van der Waals surface area contributed by atoms with Crippen LogP contribution in [0.3, 0.4) is 0 Å². The van der Waals surface area contributed by atoms with Crippen molar-refractivity contribution in [2.45, 2.75) is 39.5 Å². The first kappa shape index (κ1) is 15.1. The van der Waals surface area contributed by atoms with Gasteiger partial charge in [0.2, 0.25) is 0 Å². The summed E-state index contributed by atoms with van der Waals surface area (Å²) in [5.41, 5.74) is 2.82. The highest BCUT2D eigenvalue weighted by Gasteiger charge is 2.23. The summed E-state index contributed by atoms with van der Waals surface area (Å²) >= 11 is 0. The van der Waals surface area contributed by atoms with Gasteiger partial charge in [-0.25, -0.2) is 9.50 Å². The molecule has 0 bridgehead atoms. The zero-order valence-electron chi connectivity index (χ0n) is 14.3. The Bertz CT molecular complexity index is 844. The third-order valence-corrected chi connectivity index (χ3v) is 4.34. The van der Waals surface area contributed by atoms with Gasteiger partial charge in [0.25, 0.3) is 0 Å². The Morgan fingerprint density at radius 3 is 2.67 bits per heavy atom. The molecule has 3 aromatic rings. The van der Waals surface area contributed by atoms with Crippen molar-refractivity contribution >= 4 is 11.5 Å². The molecule has 126 valence electrons. The fraction of sp³-hybridized carbons (Fsp3) is 0.471. The van der Waals surface area contributed by atoms with E-state index in [0.29, 0.717) is 0 Å². The van der Waals surface area contributed by atoms with Gasteiger partial charge < -0.3 is 9.64 Å². The molecule has 0 unspecified atom stereocenters. The van der Waals surface area contributed by atoms with E-state index in [0.717, 1.165) is 42.4 Å². The minimum Gasteiger partial charge on any atom is -0.372 e. The van der Waals surface area contributed by atoms with E-state index in [-0.39, 0.29) is 12.2 Å². The number of imidazole rings is 1. The molecule has 0 aliphatic carbocycles. The van der Waals surface area contributed by atoms with Crippen molar-refractivity contribution in [1.82, 2.24) is 24.4 Å². The van der Waals surface area contributed by atoms with E-state index in [9.17, 15) is 0 Å². The predicted molar refractivity (Wildman–Crippen MR) is 92.1 cm³/mol. The van der Waals surface area contributed by atoms with Crippen LogP contribution in [0.5, 0.6) is 0 Å². The van der Waals surface area contributed by atoms with Crippen LogP contribution in [0.4, 0.5) is 5.82 Å². The molecule has 24 heavy (non-hydrogen) atoms. The lowest BCUT2D eigenvalue weighted by atomic mass is 10.2. The Labute approximate surface area is 140 Å². The van der Waals surface area contributed by atoms with E-state index in [2.05, 4.69) is 35.8 Å². The summed E-state index contributed by atoms with van der Waals surface area (Å²) in [5.74, 6) is 0.951. The molecule has 0 spiro atoms. The van der Waals surface area contributed by atoms with Crippen LogP contribution in [-0.2, 0) is 11.3 Å². The minimum absolute atomic E-state index is 0.205. The lowest BCUT2D eigenvalue weighted by molar-refractivity contribution is -0.00551. The second kappa shape index (κ2) is 5.90. The monoisotopic (exact) mass is 326 g/mol. The molecule has 4 heterocycles. The van der Waals surface area contributed by atoms with Crippen LogP contribution in [0.25, 0.3) is 16.9 Å². The number of anilines is 1. The van der Waals surface area contributed by atoms with E-state index in [1.165, 1.54) is 0 Å². The van der Waals surface area contributed by atoms with Gasteiger partial charge >= 0.3 is 0 Å². The maximum atomic E-state index is 5.82. The van der Waals surface area contributed by atoms with Crippen LogP contribution in [0, 0.1) is 0 Å². The average molecular weight is 326 g/mol. The molecule has 1 aliphatic heterocycles. The topological polar surface area (TPSA) is 60.5 Å². The molecule has 1 saturated heterocycles. The number of aromatic nitrogens is 5. The Morgan fingerprint density at radius 1 is 1.17 bits per heavy atom. The van der Waals surface area contributed by atoms with Gasteiger partial charge in [-0.15, -0.1) is 5.10 Å². The Balaban J connectivity index is 1.73. The maximum absolute atomic E-state index is 5.82. The highest BCUT2D eigenvalue weighted by molar-refractivity contribution is 5.62. The third-order valence-electron chi connectivity index (χ3n) is 4.34. The Kier molecular flexibility index (Phi) is 3.72. The quantitative estimate of drug-likeness (QED) is 0.738. The third kappa shape index (κ3) is 2.65. The predicted octanol–water partition coefficient (Wildman–Crippen LogP) is 2.23. The normalized spacial score (nSPS) is 21.5. The van der Waals surface area contributed by atoms with Crippen LogP contribution in [0.15, 0.2) is 30.7 Å². The summed E-state index contributed by atoms with van der Waals surface area (Å²) in [6.45, 7) is 8.81. The van der Waals surface area contributed by atoms with Crippen molar-refractivity contribution < 1.29 is 4.74 Å². The fourth-order valence-corrected chi connectivity index (χ4v) is 3.26. The number of hydrogen-bond donors (Lipinski definition) is 0. The highest BCUT2D eigenvalue weighted by Crippen LogP contribution is 2.23. The summed E-state index contributed by atoms with van der Waals surface area (Å²) in [7, 11) is 0. The number of morpholine rings is 1. The van der Waals surface area contributed by atoms with Crippen molar-refractivity contribution in [2.75, 3.05) is 18.0 Å². The molecule has 4 rings (SSSR count). The van der Waals surface area contributed by atoms with Gasteiger partial charge in [-0.2, -0.15) is 5.10 Å². The van der Waals surface area contributed by atoms with Crippen LogP contribution >= 0.6 is 0 Å². The molecule has 0 amide bonds. The molecule has 3 aromatic heterocycles. The van der Waals surface area contributed by atoms with E-state index < -0.39 is 0 Å². The van der Waals surface area contributed by atoms with Gasteiger partial charge in [-0.05, 0) is 32.9 Å². The smallest absolute Gasteiger partial charge is 0.154 e. The Hall–Kier alpha value is -2.41. The van der Waals surface area contributed by atoms with E-state index in [1.807, 2.05) is 39.9 Å². The first-order valence-corrected chi connectivity index (χ1v) is 8.42. The maximum Gasteiger partial charge on any atom is 0.154 e. The first-order valence-electron chi connectivity index (χ1n) is 8.42. The number of nitrogens with zero attached hydrogens (tertiary/aromatic N) is 6. The molecule has 0 radical (unpaired) electrons. The second-order valence-electron chi connectivity index (χ2n) is 6.35. The molecule has 7 heteroatoms. The largest absolute Gasteiger partial charge is 0.372 e. The number of rotatable bonds is 3. The molecule has 0 N–H and O–H groups in total. The fourth-order valence-electron chi connectivity index (χ4n) is 3.26. The van der Waals surface area contributed by atoms with Crippen LogP contribution in [0.2, 0.25) is 0 Å².